The molecule has 0 spiro atoms. The van der Waals surface area contributed by atoms with Crippen LogP contribution in [-0.2, 0) is 6.54 Å². The van der Waals surface area contributed by atoms with Crippen molar-refractivity contribution in [2.45, 2.75) is 38.8 Å². The minimum atomic E-state index is -4.72. The van der Waals surface area contributed by atoms with Crippen LogP contribution < -0.4 is 19.5 Å². The third kappa shape index (κ3) is 4.95. The number of nitrogens with one attached hydrogen (secondary N) is 1. The van der Waals surface area contributed by atoms with Crippen molar-refractivity contribution < 1.29 is 27.4 Å². The monoisotopic (exact) mass is 474 g/mol. The van der Waals surface area contributed by atoms with Crippen molar-refractivity contribution in [3.8, 4) is 17.2 Å². The molecule has 0 fully saturated rings. The van der Waals surface area contributed by atoms with E-state index < -0.39 is 6.36 Å². The van der Waals surface area contributed by atoms with Gasteiger partial charge in [-0.15, -0.1) is 13.2 Å². The molecule has 180 valence electrons. The van der Waals surface area contributed by atoms with Crippen molar-refractivity contribution in [2.75, 3.05) is 14.2 Å². The molecule has 0 saturated heterocycles. The zero-order chi connectivity index (χ0) is 24.5. The van der Waals surface area contributed by atoms with Crippen molar-refractivity contribution in [3.63, 3.8) is 0 Å². The van der Waals surface area contributed by atoms with Gasteiger partial charge < -0.3 is 19.5 Å². The maximum absolute atomic E-state index is 12.4. The quantitative estimate of drug-likeness (QED) is 0.651. The summed E-state index contributed by atoms with van der Waals surface area (Å²) in [5.74, 6) is 1.64. The van der Waals surface area contributed by atoms with Gasteiger partial charge in [-0.3, -0.25) is 4.99 Å². The molecule has 4 rings (SSSR count). The van der Waals surface area contributed by atoms with Gasteiger partial charge in [0.05, 0.1) is 26.7 Å². The molecule has 2 aromatic rings. The van der Waals surface area contributed by atoms with Crippen LogP contribution in [-0.4, -0.2) is 43.3 Å². The van der Waals surface area contributed by atoms with Gasteiger partial charge in [0.25, 0.3) is 0 Å². The number of amidine groups is 1. The molecule has 34 heavy (non-hydrogen) atoms. The molecule has 0 aromatic heterocycles. The van der Waals surface area contributed by atoms with Gasteiger partial charge in [0.2, 0.25) is 0 Å². The number of ether oxygens (including phenoxy) is 3. The number of allylic oxidation sites excluding steroid dienone is 1. The van der Waals surface area contributed by atoms with E-state index >= 15 is 0 Å². The van der Waals surface area contributed by atoms with Gasteiger partial charge in [-0.05, 0) is 49.2 Å². The van der Waals surface area contributed by atoms with E-state index in [-0.39, 0.29) is 24.4 Å². The molecule has 2 unspecified atom stereocenters. The van der Waals surface area contributed by atoms with Crippen LogP contribution in [0.3, 0.4) is 0 Å². The highest BCUT2D eigenvalue weighted by Gasteiger charge is 2.40. The molecule has 10 heteroatoms. The van der Waals surface area contributed by atoms with E-state index in [9.17, 15) is 13.2 Å². The fourth-order valence-electron chi connectivity index (χ4n) is 4.09. The molecule has 2 aromatic carbocycles. The van der Waals surface area contributed by atoms with E-state index in [2.05, 4.69) is 15.0 Å². The maximum Gasteiger partial charge on any atom is 0.573 e. The van der Waals surface area contributed by atoms with Crippen LogP contribution in [0.5, 0.6) is 17.2 Å². The third-order valence-corrected chi connectivity index (χ3v) is 5.60. The zero-order valence-corrected chi connectivity index (χ0v) is 19.2. The predicted molar refractivity (Wildman–Crippen MR) is 122 cm³/mol. The highest BCUT2D eigenvalue weighted by Crippen LogP contribution is 2.37. The zero-order valence-electron chi connectivity index (χ0n) is 19.2. The predicted octanol–water partition coefficient (Wildman–Crippen LogP) is 4.81. The number of aliphatic imine (C=N–C) groups is 1. The first-order valence-corrected chi connectivity index (χ1v) is 10.6. The number of alkyl halides is 3. The first-order chi connectivity index (χ1) is 16.2. The number of hydrogen-bond acceptors (Lipinski definition) is 6. The van der Waals surface area contributed by atoms with Gasteiger partial charge in [-0.25, -0.2) is 5.01 Å². The van der Waals surface area contributed by atoms with Gasteiger partial charge in [0.1, 0.15) is 17.8 Å². The van der Waals surface area contributed by atoms with E-state index in [1.54, 1.807) is 26.4 Å². The Hall–Kier alpha value is -3.69. The Labute approximate surface area is 195 Å². The summed E-state index contributed by atoms with van der Waals surface area (Å²) in [5, 5.41) is 10.1. The average molecular weight is 474 g/mol. The standard InChI is InChI=1S/C24H25F3N4O3/c1-14-11-21(28-13-16-5-8-18(9-6-16)34-24(25,26)27)31-23(29-14)22(15(2)30-31)17-7-10-19(32-3)20(12-17)33-4/h5-12,22-23,29H,13H2,1-4H3. The summed E-state index contributed by atoms with van der Waals surface area (Å²) in [4.78, 5) is 4.69. The second-order valence-corrected chi connectivity index (χ2v) is 7.96. The summed E-state index contributed by atoms with van der Waals surface area (Å²) >= 11 is 0. The van der Waals surface area contributed by atoms with Crippen LogP contribution in [0.25, 0.3) is 0 Å². The molecule has 2 heterocycles. The molecule has 1 N–H and O–H groups in total. The van der Waals surface area contributed by atoms with Gasteiger partial charge in [0.15, 0.2) is 11.5 Å². The minimum Gasteiger partial charge on any atom is -0.493 e. The normalized spacial score (nSPS) is 20.9. The average Bonchev–Trinajstić information content (AvgIpc) is 3.12. The molecule has 2 aliphatic heterocycles. The van der Waals surface area contributed by atoms with Gasteiger partial charge in [-0.2, -0.15) is 5.10 Å². The molecule has 2 aliphatic rings. The first kappa shape index (κ1) is 23.5. The van der Waals surface area contributed by atoms with Crippen LogP contribution in [0.2, 0.25) is 0 Å². The molecule has 0 bridgehead atoms. The Kier molecular flexibility index (Phi) is 6.41. The number of fused-ring (bicyclic) bond motifs is 1. The van der Waals surface area contributed by atoms with Gasteiger partial charge >= 0.3 is 6.36 Å². The first-order valence-electron chi connectivity index (χ1n) is 10.6. The van der Waals surface area contributed by atoms with Crippen molar-refractivity contribution in [3.05, 3.63) is 65.4 Å². The molecule has 2 atom stereocenters. The minimum absolute atomic E-state index is 0.0487. The second-order valence-electron chi connectivity index (χ2n) is 7.96. The third-order valence-electron chi connectivity index (χ3n) is 5.60. The van der Waals surface area contributed by atoms with Crippen molar-refractivity contribution >= 4 is 11.5 Å². The van der Waals surface area contributed by atoms with E-state index in [1.165, 1.54) is 12.1 Å². The van der Waals surface area contributed by atoms with E-state index in [0.29, 0.717) is 17.3 Å². The Morgan fingerprint density at radius 1 is 1.03 bits per heavy atom. The summed E-state index contributed by atoms with van der Waals surface area (Å²) in [6.45, 7) is 4.20. The second kappa shape index (κ2) is 9.28. The van der Waals surface area contributed by atoms with Crippen molar-refractivity contribution in [1.29, 1.82) is 0 Å². The lowest BCUT2D eigenvalue weighted by atomic mass is 9.91. The fraction of sp³-hybridized carbons (Fsp3) is 0.333. The maximum atomic E-state index is 12.4. The van der Waals surface area contributed by atoms with E-state index in [1.807, 2.05) is 43.1 Å². The molecule has 7 nitrogen and oxygen atoms in total. The summed E-state index contributed by atoms with van der Waals surface area (Å²) in [6.07, 6.45) is -3.00. The fourth-order valence-corrected chi connectivity index (χ4v) is 4.09. The number of benzene rings is 2. The topological polar surface area (TPSA) is 67.7 Å². The van der Waals surface area contributed by atoms with Crippen LogP contribution in [0.1, 0.15) is 30.9 Å². The van der Waals surface area contributed by atoms with Crippen LogP contribution in [0, 0.1) is 0 Å². The lowest BCUT2D eigenvalue weighted by molar-refractivity contribution is -0.274. The highest BCUT2D eigenvalue weighted by atomic mass is 19.4. The van der Waals surface area contributed by atoms with Crippen molar-refractivity contribution in [2.24, 2.45) is 10.1 Å². The number of rotatable bonds is 6. The largest absolute Gasteiger partial charge is 0.573 e. The number of hydrazone groups is 1. The lowest BCUT2D eigenvalue weighted by Gasteiger charge is -2.33. The SMILES string of the molecule is COc1ccc(C2C(C)=NN3C(=NCc4ccc(OC(F)(F)F)cc4)C=C(C)NC23)cc1OC. The Morgan fingerprint density at radius 2 is 1.74 bits per heavy atom. The van der Waals surface area contributed by atoms with E-state index in [0.717, 1.165) is 22.5 Å². The number of halogens is 3. The molecular weight excluding hydrogens is 449 g/mol. The molecule has 0 radical (unpaired) electrons. The lowest BCUT2D eigenvalue weighted by Crippen LogP contribution is -2.49. The number of methoxy groups -OCH3 is 2. The van der Waals surface area contributed by atoms with Crippen LogP contribution in [0.4, 0.5) is 13.2 Å². The summed E-state index contributed by atoms with van der Waals surface area (Å²) in [6, 6.07) is 11.5. The Balaban J connectivity index is 1.55. The van der Waals surface area contributed by atoms with Gasteiger partial charge in [-0.1, -0.05) is 18.2 Å². The Morgan fingerprint density at radius 3 is 2.38 bits per heavy atom. The number of nitrogens with zero attached hydrogens (tertiary/aromatic N) is 3. The van der Waals surface area contributed by atoms with Crippen LogP contribution in [0.15, 0.2) is 64.3 Å². The smallest absolute Gasteiger partial charge is 0.493 e. The molecule has 0 saturated carbocycles. The molecule has 0 aliphatic carbocycles. The Bertz CT molecular complexity index is 1140. The summed E-state index contributed by atoms with van der Waals surface area (Å²) in [7, 11) is 3.19. The number of hydrogen-bond donors (Lipinski definition) is 1. The van der Waals surface area contributed by atoms with Gasteiger partial charge in [0, 0.05) is 17.5 Å². The van der Waals surface area contributed by atoms with Crippen molar-refractivity contribution in [1.82, 2.24) is 10.3 Å². The summed E-state index contributed by atoms with van der Waals surface area (Å²) < 4.78 is 51.9. The molecular formula is C24H25F3N4O3. The van der Waals surface area contributed by atoms with E-state index in [4.69, 9.17) is 14.6 Å². The van der Waals surface area contributed by atoms with Crippen LogP contribution >= 0.6 is 0 Å². The highest BCUT2D eigenvalue weighted by molar-refractivity contribution is 6.00. The molecule has 0 amide bonds. The summed E-state index contributed by atoms with van der Waals surface area (Å²) in [5.41, 5.74) is 3.62.